The van der Waals surface area contributed by atoms with Crippen molar-refractivity contribution in [1.82, 2.24) is 5.32 Å². The van der Waals surface area contributed by atoms with Crippen molar-refractivity contribution in [1.29, 1.82) is 0 Å². The van der Waals surface area contributed by atoms with Crippen LogP contribution >= 0.6 is 0 Å². The van der Waals surface area contributed by atoms with E-state index in [2.05, 4.69) is 37.4 Å². The number of rotatable bonds is 2. The summed E-state index contributed by atoms with van der Waals surface area (Å²) in [5.74, 6) is 0.753. The van der Waals surface area contributed by atoms with Gasteiger partial charge in [0.1, 0.15) is 0 Å². The molecule has 1 heteroatoms. The first-order chi connectivity index (χ1) is 8.24. The number of fused-ring (bicyclic) bond motifs is 3. The zero-order valence-corrected chi connectivity index (χ0v) is 11.1. The molecule has 0 aromatic heterocycles. The van der Waals surface area contributed by atoms with Crippen molar-refractivity contribution < 1.29 is 0 Å². The van der Waals surface area contributed by atoms with Crippen LogP contribution in [0, 0.1) is 5.41 Å². The van der Waals surface area contributed by atoms with E-state index in [-0.39, 0.29) is 0 Å². The molecule has 0 unspecified atom stereocenters. The number of nitrogens with one attached hydrogen (secondary N) is 1. The van der Waals surface area contributed by atoms with Crippen LogP contribution in [0.5, 0.6) is 0 Å². The molecule has 1 aliphatic heterocycles. The Kier molecular flexibility index (Phi) is 2.74. The maximum absolute atomic E-state index is 3.60. The van der Waals surface area contributed by atoms with Gasteiger partial charge in [-0.05, 0) is 41.4 Å². The van der Waals surface area contributed by atoms with E-state index in [1.54, 1.807) is 16.7 Å². The van der Waals surface area contributed by atoms with Gasteiger partial charge in [0, 0.05) is 19.0 Å². The van der Waals surface area contributed by atoms with Crippen molar-refractivity contribution in [2.24, 2.45) is 5.41 Å². The third-order valence-electron chi connectivity index (χ3n) is 4.87. The molecule has 2 atom stereocenters. The van der Waals surface area contributed by atoms with Gasteiger partial charge in [0.15, 0.2) is 0 Å². The molecule has 92 valence electrons. The van der Waals surface area contributed by atoms with Crippen LogP contribution in [-0.2, 0) is 12.8 Å². The monoisotopic (exact) mass is 229 g/mol. The number of aryl methyl sites for hydroxylation is 1. The minimum absolute atomic E-state index is 0.512. The van der Waals surface area contributed by atoms with Gasteiger partial charge in [-0.2, -0.15) is 0 Å². The van der Waals surface area contributed by atoms with Gasteiger partial charge in [0.2, 0.25) is 0 Å². The Hall–Kier alpha value is -0.820. The highest BCUT2D eigenvalue weighted by Crippen LogP contribution is 2.48. The van der Waals surface area contributed by atoms with E-state index >= 15 is 0 Å². The zero-order chi connectivity index (χ0) is 11.9. The molecule has 0 radical (unpaired) electrons. The van der Waals surface area contributed by atoms with Crippen molar-refractivity contribution >= 4 is 0 Å². The van der Waals surface area contributed by atoms with Crippen molar-refractivity contribution in [2.75, 3.05) is 13.1 Å². The fourth-order valence-corrected chi connectivity index (χ4v) is 3.82. The Labute approximate surface area is 105 Å². The lowest BCUT2D eigenvalue weighted by atomic mass is 9.66. The van der Waals surface area contributed by atoms with E-state index in [0.717, 1.165) is 5.92 Å². The molecule has 1 N–H and O–H groups in total. The summed E-state index contributed by atoms with van der Waals surface area (Å²) in [7, 11) is 0. The molecular formula is C16H23N. The summed E-state index contributed by atoms with van der Waals surface area (Å²) in [5, 5.41) is 3.60. The van der Waals surface area contributed by atoms with Gasteiger partial charge >= 0.3 is 0 Å². The molecule has 2 aliphatic rings. The van der Waals surface area contributed by atoms with E-state index in [0.29, 0.717) is 5.41 Å². The number of benzene rings is 1. The lowest BCUT2D eigenvalue weighted by Crippen LogP contribution is -2.30. The molecule has 0 bridgehead atoms. The summed E-state index contributed by atoms with van der Waals surface area (Å²) in [5.41, 5.74) is 5.45. The van der Waals surface area contributed by atoms with Gasteiger partial charge in [0.25, 0.3) is 0 Å². The molecule has 1 fully saturated rings. The first-order valence-corrected chi connectivity index (χ1v) is 7.06. The van der Waals surface area contributed by atoms with Crippen LogP contribution in [-0.4, -0.2) is 13.1 Å². The van der Waals surface area contributed by atoms with Crippen LogP contribution in [0.3, 0.4) is 0 Å². The Bertz CT molecular complexity index is 424. The Morgan fingerprint density at radius 1 is 1.41 bits per heavy atom. The van der Waals surface area contributed by atoms with Crippen molar-refractivity contribution in [3.63, 3.8) is 0 Å². The smallest absolute Gasteiger partial charge is 0.00323 e. The molecule has 0 amide bonds. The molecule has 1 saturated heterocycles. The van der Waals surface area contributed by atoms with Crippen molar-refractivity contribution in [3.8, 4) is 0 Å². The maximum atomic E-state index is 3.60. The molecule has 17 heavy (non-hydrogen) atoms. The predicted octanol–water partition coefficient (Wildman–Crippen LogP) is 3.28. The third-order valence-corrected chi connectivity index (χ3v) is 4.87. The van der Waals surface area contributed by atoms with Gasteiger partial charge in [-0.1, -0.05) is 38.5 Å². The van der Waals surface area contributed by atoms with Crippen molar-refractivity contribution in [2.45, 2.75) is 45.4 Å². The lowest BCUT2D eigenvalue weighted by molar-refractivity contribution is 0.277. The number of hydrogen-bond donors (Lipinski definition) is 1. The van der Waals surface area contributed by atoms with Gasteiger partial charge in [-0.25, -0.2) is 0 Å². The molecule has 3 rings (SSSR count). The standard InChI is InChI=1S/C16H23N/c1-3-5-12-6-4-7-14-13(12)8-9-16(2)11-17-10-15(14)16/h4,6-7,15,17H,3,5,8-11H2,1-2H3/t15-,16-/m1/s1. The lowest BCUT2D eigenvalue weighted by Gasteiger charge is -2.37. The van der Waals surface area contributed by atoms with E-state index in [1.165, 1.54) is 38.8 Å². The quantitative estimate of drug-likeness (QED) is 0.820. The third kappa shape index (κ3) is 1.72. The summed E-state index contributed by atoms with van der Waals surface area (Å²) in [4.78, 5) is 0. The second-order valence-electron chi connectivity index (χ2n) is 6.07. The Morgan fingerprint density at radius 3 is 3.12 bits per heavy atom. The molecule has 1 aromatic rings. The highest BCUT2D eigenvalue weighted by molar-refractivity contribution is 5.42. The summed E-state index contributed by atoms with van der Waals surface area (Å²) < 4.78 is 0. The molecule has 0 spiro atoms. The van der Waals surface area contributed by atoms with Gasteiger partial charge < -0.3 is 5.32 Å². The van der Waals surface area contributed by atoms with Crippen LogP contribution in [0.15, 0.2) is 18.2 Å². The minimum Gasteiger partial charge on any atom is -0.316 e. The topological polar surface area (TPSA) is 12.0 Å². The average Bonchev–Trinajstić information content (AvgIpc) is 2.72. The fourth-order valence-electron chi connectivity index (χ4n) is 3.82. The van der Waals surface area contributed by atoms with Crippen LogP contribution < -0.4 is 5.32 Å². The summed E-state index contributed by atoms with van der Waals surface area (Å²) in [6.45, 7) is 7.13. The molecule has 1 aromatic carbocycles. The Balaban J connectivity index is 2.04. The van der Waals surface area contributed by atoms with E-state index < -0.39 is 0 Å². The summed E-state index contributed by atoms with van der Waals surface area (Å²) in [6, 6.07) is 6.99. The van der Waals surface area contributed by atoms with Gasteiger partial charge in [0.05, 0.1) is 0 Å². The minimum atomic E-state index is 0.512. The maximum Gasteiger partial charge on any atom is 0.00323 e. The molecular weight excluding hydrogens is 206 g/mol. The molecule has 1 aliphatic carbocycles. The first kappa shape index (κ1) is 11.3. The van der Waals surface area contributed by atoms with E-state index in [1.807, 2.05) is 0 Å². The molecule has 1 heterocycles. The first-order valence-electron chi connectivity index (χ1n) is 7.06. The van der Waals surface area contributed by atoms with Crippen LogP contribution in [0.1, 0.15) is 49.3 Å². The SMILES string of the molecule is CCCc1cccc2c1CC[C@]1(C)CNC[C@H]21. The summed E-state index contributed by atoms with van der Waals surface area (Å²) in [6.07, 6.45) is 5.16. The normalized spacial score (nSPS) is 31.1. The number of hydrogen-bond acceptors (Lipinski definition) is 1. The van der Waals surface area contributed by atoms with Crippen LogP contribution in [0.25, 0.3) is 0 Å². The second kappa shape index (κ2) is 4.13. The highest BCUT2D eigenvalue weighted by atomic mass is 14.9. The van der Waals surface area contributed by atoms with Crippen LogP contribution in [0.2, 0.25) is 0 Å². The van der Waals surface area contributed by atoms with Crippen LogP contribution in [0.4, 0.5) is 0 Å². The van der Waals surface area contributed by atoms with Gasteiger partial charge in [-0.15, -0.1) is 0 Å². The van der Waals surface area contributed by atoms with E-state index in [9.17, 15) is 0 Å². The average molecular weight is 229 g/mol. The zero-order valence-electron chi connectivity index (χ0n) is 11.1. The van der Waals surface area contributed by atoms with Crippen molar-refractivity contribution in [3.05, 3.63) is 34.9 Å². The Morgan fingerprint density at radius 2 is 2.29 bits per heavy atom. The largest absolute Gasteiger partial charge is 0.316 e. The fraction of sp³-hybridized carbons (Fsp3) is 0.625. The second-order valence-corrected chi connectivity index (χ2v) is 6.07. The molecule has 0 saturated carbocycles. The van der Waals surface area contributed by atoms with Gasteiger partial charge in [-0.3, -0.25) is 0 Å². The summed E-state index contributed by atoms with van der Waals surface area (Å²) >= 11 is 0. The predicted molar refractivity (Wildman–Crippen MR) is 72.5 cm³/mol. The molecule has 1 nitrogen and oxygen atoms in total. The highest BCUT2D eigenvalue weighted by Gasteiger charge is 2.43. The van der Waals surface area contributed by atoms with E-state index in [4.69, 9.17) is 0 Å².